The first-order valence-corrected chi connectivity index (χ1v) is 16.0. The number of halogens is 1. The molecule has 1 saturated heterocycles. The molecule has 9 nitrogen and oxygen atoms in total. The van der Waals surface area contributed by atoms with Crippen LogP contribution >= 0.6 is 0 Å². The molecule has 7 rings (SSSR count). The third-order valence-electron chi connectivity index (χ3n) is 8.46. The maximum atomic E-state index is 14.9. The van der Waals surface area contributed by atoms with Gasteiger partial charge in [0.1, 0.15) is 17.0 Å². The summed E-state index contributed by atoms with van der Waals surface area (Å²) in [5.74, 6) is 0.846. The van der Waals surface area contributed by atoms with Gasteiger partial charge in [-0.25, -0.2) is 14.4 Å². The number of aromatic amines is 2. The van der Waals surface area contributed by atoms with E-state index in [4.69, 9.17) is 4.98 Å². The van der Waals surface area contributed by atoms with Gasteiger partial charge in [0.2, 0.25) is 0 Å². The summed E-state index contributed by atoms with van der Waals surface area (Å²) in [6, 6.07) is 11.2. The smallest absolute Gasteiger partial charge is 0.181 e. The molecule has 46 heavy (non-hydrogen) atoms. The second kappa shape index (κ2) is 12.8. The lowest BCUT2D eigenvalue weighted by Gasteiger charge is -2.14. The van der Waals surface area contributed by atoms with E-state index in [2.05, 4.69) is 60.8 Å². The number of imidazole rings is 1. The van der Waals surface area contributed by atoms with E-state index in [-0.39, 0.29) is 5.82 Å². The number of rotatable bonds is 11. The van der Waals surface area contributed by atoms with E-state index in [0.717, 1.165) is 70.3 Å². The number of anilines is 1. The van der Waals surface area contributed by atoms with Crippen LogP contribution < -0.4 is 5.32 Å². The lowest BCUT2D eigenvalue weighted by molar-refractivity contribution is 0.334. The van der Waals surface area contributed by atoms with Crippen LogP contribution in [0.2, 0.25) is 0 Å². The Kier molecular flexibility index (Phi) is 8.28. The van der Waals surface area contributed by atoms with Crippen molar-refractivity contribution in [3.8, 4) is 33.9 Å². The minimum Gasteiger partial charge on any atom is -0.358 e. The molecule has 1 fully saturated rings. The van der Waals surface area contributed by atoms with Gasteiger partial charge in [-0.1, -0.05) is 20.4 Å². The van der Waals surface area contributed by atoms with Crippen molar-refractivity contribution in [3.63, 3.8) is 0 Å². The van der Waals surface area contributed by atoms with Crippen molar-refractivity contribution in [2.45, 2.75) is 46.0 Å². The molecule has 0 saturated carbocycles. The lowest BCUT2D eigenvalue weighted by Crippen LogP contribution is -2.20. The molecule has 1 aliphatic rings. The zero-order valence-electron chi connectivity index (χ0n) is 26.3. The maximum absolute atomic E-state index is 14.9. The van der Waals surface area contributed by atoms with Gasteiger partial charge in [-0.3, -0.25) is 15.1 Å². The monoisotopic (exact) mass is 615 g/mol. The Bertz CT molecular complexity index is 2020. The van der Waals surface area contributed by atoms with Gasteiger partial charge in [0, 0.05) is 41.0 Å². The maximum Gasteiger partial charge on any atom is 0.181 e. The van der Waals surface area contributed by atoms with Crippen LogP contribution in [0.15, 0.2) is 73.5 Å². The highest BCUT2D eigenvalue weighted by molar-refractivity contribution is 5.96. The minimum absolute atomic E-state index is 0.264. The van der Waals surface area contributed by atoms with Gasteiger partial charge in [0.25, 0.3) is 0 Å². The van der Waals surface area contributed by atoms with Crippen LogP contribution in [0.5, 0.6) is 0 Å². The molecule has 0 bridgehead atoms. The van der Waals surface area contributed by atoms with Crippen LogP contribution in [0.1, 0.15) is 45.1 Å². The van der Waals surface area contributed by atoms with Gasteiger partial charge in [0.15, 0.2) is 11.5 Å². The number of fused-ring (bicyclic) bond motifs is 2. The number of pyridine rings is 3. The molecule has 0 atom stereocenters. The summed E-state index contributed by atoms with van der Waals surface area (Å²) in [5, 5.41) is 11.8. The van der Waals surface area contributed by atoms with Gasteiger partial charge in [-0.15, -0.1) is 0 Å². The molecular weight excluding hydrogens is 577 g/mol. The third-order valence-corrected chi connectivity index (χ3v) is 8.46. The van der Waals surface area contributed by atoms with Crippen molar-refractivity contribution < 1.29 is 4.39 Å². The van der Waals surface area contributed by atoms with Crippen LogP contribution in [0.3, 0.4) is 0 Å². The van der Waals surface area contributed by atoms with Crippen LogP contribution in [0.4, 0.5) is 10.1 Å². The zero-order chi connectivity index (χ0) is 31.6. The number of nitrogens with zero attached hydrogens (tertiary/aromatic N) is 6. The molecule has 1 aromatic carbocycles. The number of aromatic nitrogens is 7. The van der Waals surface area contributed by atoms with Gasteiger partial charge in [-0.2, -0.15) is 5.10 Å². The molecule has 0 amide bonds. The van der Waals surface area contributed by atoms with E-state index in [9.17, 15) is 4.39 Å². The van der Waals surface area contributed by atoms with E-state index in [1.165, 1.54) is 32.0 Å². The van der Waals surface area contributed by atoms with Gasteiger partial charge in [0.05, 0.1) is 28.5 Å². The van der Waals surface area contributed by atoms with Crippen LogP contribution in [-0.4, -0.2) is 59.7 Å². The summed E-state index contributed by atoms with van der Waals surface area (Å²) in [6.07, 6.45) is 12.4. The van der Waals surface area contributed by atoms with E-state index in [1.54, 1.807) is 24.7 Å². The summed E-state index contributed by atoms with van der Waals surface area (Å²) < 4.78 is 14.9. The Hall–Kier alpha value is -4.96. The number of hydrogen-bond donors (Lipinski definition) is 3. The molecule has 10 heteroatoms. The number of aryl methyl sites for hydroxylation is 1. The van der Waals surface area contributed by atoms with Crippen LogP contribution in [0, 0.1) is 11.7 Å². The first kappa shape index (κ1) is 29.7. The predicted molar refractivity (Wildman–Crippen MR) is 182 cm³/mol. The van der Waals surface area contributed by atoms with Crippen LogP contribution in [0.25, 0.3) is 56.0 Å². The number of likely N-dealkylation sites (tertiary alicyclic amines) is 1. The number of benzene rings is 1. The second-order valence-electron chi connectivity index (χ2n) is 12.6. The average Bonchev–Trinajstić information content (AvgIpc) is 3.80. The fourth-order valence-electron chi connectivity index (χ4n) is 6.36. The number of H-pyrrole nitrogens is 2. The lowest BCUT2D eigenvalue weighted by atomic mass is 10.0. The highest BCUT2D eigenvalue weighted by Gasteiger charge is 2.18. The zero-order valence-corrected chi connectivity index (χ0v) is 26.3. The van der Waals surface area contributed by atoms with Crippen LogP contribution in [-0.2, 0) is 6.42 Å². The number of hydrogen-bond acceptors (Lipinski definition) is 7. The average molecular weight is 616 g/mol. The van der Waals surface area contributed by atoms with Crippen molar-refractivity contribution in [1.82, 2.24) is 40.0 Å². The molecule has 6 aromatic rings. The van der Waals surface area contributed by atoms with E-state index < -0.39 is 0 Å². The normalized spacial score (nSPS) is 13.7. The van der Waals surface area contributed by atoms with Crippen molar-refractivity contribution in [3.05, 3.63) is 84.8 Å². The standard InChI is InChI=1S/C36H38FN9/c1-22(2)13-23(3)41-29-17-26(19-38-21-29)27-18-30-33(44-45-35(30)40-20-27)36-42-31-8-9-39-32(34(31)43-36)25-14-24(15-28(37)16-25)7-6-12-46-10-4-5-11-46/h8-9,14-22,41H,3-7,10-13H2,1-2H3,(H,42,43)(H,40,44,45). The first-order valence-electron chi connectivity index (χ1n) is 16.0. The topological polar surface area (TPSA) is 111 Å². The molecule has 1 aliphatic heterocycles. The van der Waals surface area contributed by atoms with E-state index in [1.807, 2.05) is 30.5 Å². The Morgan fingerprint density at radius 3 is 2.72 bits per heavy atom. The van der Waals surface area contributed by atoms with Crippen molar-refractivity contribution in [2.24, 2.45) is 5.92 Å². The van der Waals surface area contributed by atoms with E-state index >= 15 is 0 Å². The Balaban J connectivity index is 1.18. The summed E-state index contributed by atoms with van der Waals surface area (Å²) >= 11 is 0. The predicted octanol–water partition coefficient (Wildman–Crippen LogP) is 7.76. The van der Waals surface area contributed by atoms with Crippen molar-refractivity contribution in [1.29, 1.82) is 0 Å². The summed E-state index contributed by atoms with van der Waals surface area (Å²) in [4.78, 5) is 24.6. The van der Waals surface area contributed by atoms with Gasteiger partial charge in [-0.05, 0) is 99.6 Å². The molecule has 0 radical (unpaired) electrons. The molecule has 3 N–H and O–H groups in total. The van der Waals surface area contributed by atoms with Crippen molar-refractivity contribution >= 4 is 27.8 Å². The minimum atomic E-state index is -0.264. The summed E-state index contributed by atoms with van der Waals surface area (Å²) in [7, 11) is 0. The highest BCUT2D eigenvalue weighted by Crippen LogP contribution is 2.33. The molecule has 6 heterocycles. The molecular formula is C36H38FN9. The first-order chi connectivity index (χ1) is 22.4. The fraction of sp³-hybridized carbons (Fsp3) is 0.306. The molecule has 0 aliphatic carbocycles. The Morgan fingerprint density at radius 1 is 1.02 bits per heavy atom. The van der Waals surface area contributed by atoms with Gasteiger partial charge >= 0.3 is 0 Å². The Labute approximate surface area is 267 Å². The molecule has 0 spiro atoms. The third kappa shape index (κ3) is 6.39. The highest BCUT2D eigenvalue weighted by atomic mass is 19.1. The van der Waals surface area contributed by atoms with Gasteiger partial charge < -0.3 is 15.2 Å². The second-order valence-corrected chi connectivity index (χ2v) is 12.6. The fourth-order valence-corrected chi connectivity index (χ4v) is 6.36. The molecule has 5 aromatic heterocycles. The van der Waals surface area contributed by atoms with E-state index in [0.29, 0.717) is 34.3 Å². The SMILES string of the molecule is C=C(CC(C)C)Nc1cncc(-c2cnc3n[nH]c(-c4nc5c(-c6cc(F)cc(CCCN7CCCC7)c6)nccc5[nH]4)c3c2)c1. The molecule has 234 valence electrons. The quantitative estimate of drug-likeness (QED) is 0.137. The summed E-state index contributed by atoms with van der Waals surface area (Å²) in [6.45, 7) is 11.9. The summed E-state index contributed by atoms with van der Waals surface area (Å²) in [5.41, 5.74) is 8.73. The largest absolute Gasteiger partial charge is 0.358 e. The molecule has 0 unspecified atom stereocenters. The Morgan fingerprint density at radius 2 is 1.87 bits per heavy atom. The number of allylic oxidation sites excluding steroid dienone is 1. The number of nitrogens with one attached hydrogen (secondary N) is 3. The van der Waals surface area contributed by atoms with Crippen molar-refractivity contribution in [2.75, 3.05) is 25.0 Å².